The molecule has 0 aliphatic heterocycles. The Morgan fingerprint density at radius 3 is 2.56 bits per heavy atom. The molecule has 0 aliphatic rings. The Balaban J connectivity index is 1.64. The van der Waals surface area contributed by atoms with E-state index in [0.717, 1.165) is 5.56 Å². The summed E-state index contributed by atoms with van der Waals surface area (Å²) in [6.07, 6.45) is 1.44. The Labute approximate surface area is 159 Å². The minimum absolute atomic E-state index is 0.0650. The molecule has 0 fully saturated rings. The molecule has 0 bridgehead atoms. The molecule has 138 valence electrons. The van der Waals surface area contributed by atoms with E-state index >= 15 is 0 Å². The minimum atomic E-state index is -3.70. The van der Waals surface area contributed by atoms with Gasteiger partial charge in [0.25, 0.3) is 0 Å². The van der Waals surface area contributed by atoms with E-state index in [2.05, 4.69) is 20.7 Å². The first-order valence-corrected chi connectivity index (χ1v) is 9.66. The number of rotatable bonds is 6. The second-order valence-corrected chi connectivity index (χ2v) is 7.76. The van der Waals surface area contributed by atoms with Crippen LogP contribution < -0.4 is 5.43 Å². The molecule has 0 aliphatic carbocycles. The van der Waals surface area contributed by atoms with Crippen LogP contribution in [0.3, 0.4) is 0 Å². The van der Waals surface area contributed by atoms with Crippen molar-refractivity contribution in [2.75, 3.05) is 0 Å². The first kappa shape index (κ1) is 18.7. The first-order chi connectivity index (χ1) is 12.9. The van der Waals surface area contributed by atoms with Crippen molar-refractivity contribution < 1.29 is 17.7 Å². The zero-order chi connectivity index (χ0) is 19.3. The summed E-state index contributed by atoms with van der Waals surface area (Å²) in [7, 11) is -3.70. The average Bonchev–Trinajstić information content (AvgIpc) is 3.11. The molecule has 0 radical (unpaired) electrons. The van der Waals surface area contributed by atoms with E-state index < -0.39 is 21.5 Å². The van der Waals surface area contributed by atoms with Crippen molar-refractivity contribution in [3.8, 4) is 0 Å². The number of hydrogen-bond donors (Lipinski definition) is 1. The fourth-order valence-corrected chi connectivity index (χ4v) is 3.35. The second kappa shape index (κ2) is 8.11. The van der Waals surface area contributed by atoms with Gasteiger partial charge in [0.15, 0.2) is 15.7 Å². The molecule has 0 saturated heterocycles. The van der Waals surface area contributed by atoms with Gasteiger partial charge in [-0.25, -0.2) is 13.8 Å². The lowest BCUT2D eigenvalue weighted by Gasteiger charge is -2.01. The molecule has 2 aromatic carbocycles. The van der Waals surface area contributed by atoms with Crippen LogP contribution in [-0.2, 0) is 15.6 Å². The Morgan fingerprint density at radius 2 is 1.85 bits per heavy atom. The molecular weight excluding hydrogens is 392 g/mol. The Hall–Kier alpha value is -3.04. The number of carbonyl (C=O) groups is 1. The predicted molar refractivity (Wildman–Crippen MR) is 98.1 cm³/mol. The third-order valence-electron chi connectivity index (χ3n) is 3.33. The van der Waals surface area contributed by atoms with Crippen LogP contribution in [0.4, 0.5) is 0 Å². The minimum Gasteiger partial charge on any atom is -0.328 e. The van der Waals surface area contributed by atoms with E-state index in [9.17, 15) is 13.2 Å². The van der Waals surface area contributed by atoms with E-state index in [4.69, 9.17) is 16.1 Å². The Kier molecular flexibility index (Phi) is 5.63. The van der Waals surface area contributed by atoms with Crippen LogP contribution in [0.5, 0.6) is 0 Å². The van der Waals surface area contributed by atoms with E-state index in [-0.39, 0.29) is 16.6 Å². The number of nitrogens with one attached hydrogen (secondary N) is 1. The molecular formula is C17H13ClN4O4S. The lowest BCUT2D eigenvalue weighted by atomic mass is 10.2. The maximum atomic E-state index is 12.3. The predicted octanol–water partition coefficient (Wildman–Crippen LogP) is 2.46. The van der Waals surface area contributed by atoms with Crippen LogP contribution >= 0.6 is 11.6 Å². The fraction of sp³-hybridized carbons (Fsp3) is 0.0588. The van der Waals surface area contributed by atoms with Gasteiger partial charge < -0.3 is 4.52 Å². The standard InChI is InChI=1S/C17H13ClN4O4S/c18-13-6-8-14(9-7-13)27(24,25)11-15-20-17(26-22-15)16(23)21-19-10-12-4-2-1-3-5-12/h1-10H,11H2,(H,21,23)/b19-10+. The molecule has 27 heavy (non-hydrogen) atoms. The second-order valence-electron chi connectivity index (χ2n) is 5.34. The number of benzene rings is 2. The van der Waals surface area contributed by atoms with Crippen LogP contribution in [0.25, 0.3) is 0 Å². The van der Waals surface area contributed by atoms with Gasteiger partial charge in [0.2, 0.25) is 0 Å². The normalized spacial score (nSPS) is 11.6. The van der Waals surface area contributed by atoms with Gasteiger partial charge in [0.1, 0.15) is 5.75 Å². The van der Waals surface area contributed by atoms with Gasteiger partial charge in [0, 0.05) is 5.02 Å². The molecule has 3 rings (SSSR count). The van der Waals surface area contributed by atoms with Crippen LogP contribution in [0.2, 0.25) is 5.02 Å². The third kappa shape index (κ3) is 4.99. The monoisotopic (exact) mass is 404 g/mol. The third-order valence-corrected chi connectivity index (χ3v) is 5.21. The van der Waals surface area contributed by atoms with Crippen LogP contribution in [0.15, 0.2) is 69.1 Å². The van der Waals surface area contributed by atoms with Gasteiger partial charge in [-0.05, 0) is 29.8 Å². The maximum absolute atomic E-state index is 12.3. The number of hydrogen-bond acceptors (Lipinski definition) is 7. The number of nitrogens with zero attached hydrogens (tertiary/aromatic N) is 3. The number of amides is 1. The summed E-state index contributed by atoms with van der Waals surface area (Å²) in [5, 5.41) is 7.72. The van der Waals surface area contributed by atoms with Gasteiger partial charge in [-0.15, -0.1) is 0 Å². The lowest BCUT2D eigenvalue weighted by Crippen LogP contribution is -2.18. The number of aromatic nitrogens is 2. The molecule has 1 amide bonds. The number of carbonyl (C=O) groups excluding carboxylic acids is 1. The van der Waals surface area contributed by atoms with Crippen molar-refractivity contribution in [2.45, 2.75) is 10.6 Å². The van der Waals surface area contributed by atoms with Gasteiger partial charge in [-0.2, -0.15) is 10.1 Å². The molecule has 0 unspecified atom stereocenters. The highest BCUT2D eigenvalue weighted by atomic mass is 35.5. The van der Waals surface area contributed by atoms with E-state index in [1.165, 1.54) is 30.5 Å². The number of sulfone groups is 1. The highest BCUT2D eigenvalue weighted by molar-refractivity contribution is 7.90. The number of halogens is 1. The molecule has 0 spiro atoms. The summed E-state index contributed by atoms with van der Waals surface area (Å²) >= 11 is 5.75. The van der Waals surface area contributed by atoms with Crippen molar-refractivity contribution in [3.05, 3.63) is 76.9 Å². The smallest absolute Gasteiger partial charge is 0.328 e. The van der Waals surface area contributed by atoms with Crippen molar-refractivity contribution in [1.82, 2.24) is 15.6 Å². The molecule has 10 heteroatoms. The average molecular weight is 405 g/mol. The summed E-state index contributed by atoms with van der Waals surface area (Å²) in [5.74, 6) is -1.79. The lowest BCUT2D eigenvalue weighted by molar-refractivity contribution is 0.0911. The first-order valence-electron chi connectivity index (χ1n) is 7.63. The van der Waals surface area contributed by atoms with Gasteiger partial charge in [0.05, 0.1) is 11.1 Å². The van der Waals surface area contributed by atoms with Crippen molar-refractivity contribution in [3.63, 3.8) is 0 Å². The SMILES string of the molecule is O=C(N/N=C/c1ccccc1)c1nc(CS(=O)(=O)c2ccc(Cl)cc2)no1. The van der Waals surface area contributed by atoms with Gasteiger partial charge in [-0.3, -0.25) is 4.79 Å². The van der Waals surface area contributed by atoms with E-state index in [1.807, 2.05) is 30.3 Å². The molecule has 3 aromatic rings. The van der Waals surface area contributed by atoms with E-state index in [1.54, 1.807) is 0 Å². The molecule has 1 N–H and O–H groups in total. The van der Waals surface area contributed by atoms with Crippen molar-refractivity contribution >= 4 is 33.6 Å². The molecule has 0 saturated carbocycles. The summed E-state index contributed by atoms with van der Waals surface area (Å²) < 4.78 is 29.5. The summed E-state index contributed by atoms with van der Waals surface area (Å²) in [4.78, 5) is 15.8. The zero-order valence-electron chi connectivity index (χ0n) is 13.7. The Morgan fingerprint density at radius 1 is 1.15 bits per heavy atom. The zero-order valence-corrected chi connectivity index (χ0v) is 15.3. The molecule has 0 atom stereocenters. The molecule has 1 aromatic heterocycles. The van der Waals surface area contributed by atoms with Crippen LogP contribution in [-0.4, -0.2) is 30.7 Å². The quantitative estimate of drug-likeness (QED) is 0.498. The van der Waals surface area contributed by atoms with Crippen LogP contribution in [0.1, 0.15) is 22.1 Å². The largest absolute Gasteiger partial charge is 0.329 e. The maximum Gasteiger partial charge on any atom is 0.329 e. The summed E-state index contributed by atoms with van der Waals surface area (Å²) in [5.41, 5.74) is 3.02. The summed E-state index contributed by atoms with van der Waals surface area (Å²) in [6, 6.07) is 14.8. The highest BCUT2D eigenvalue weighted by Gasteiger charge is 2.21. The van der Waals surface area contributed by atoms with E-state index in [0.29, 0.717) is 5.02 Å². The van der Waals surface area contributed by atoms with Crippen LogP contribution in [0, 0.1) is 0 Å². The topological polar surface area (TPSA) is 115 Å². The van der Waals surface area contributed by atoms with Crippen molar-refractivity contribution in [1.29, 1.82) is 0 Å². The summed E-state index contributed by atoms with van der Waals surface area (Å²) in [6.45, 7) is 0. The van der Waals surface area contributed by atoms with Gasteiger partial charge >= 0.3 is 11.8 Å². The molecule has 1 heterocycles. The van der Waals surface area contributed by atoms with Crippen molar-refractivity contribution in [2.24, 2.45) is 5.10 Å². The Bertz CT molecular complexity index is 1060. The number of hydrazone groups is 1. The highest BCUT2D eigenvalue weighted by Crippen LogP contribution is 2.18. The van der Waals surface area contributed by atoms with Gasteiger partial charge in [-0.1, -0.05) is 47.1 Å². The molecule has 8 nitrogen and oxygen atoms in total. The fourth-order valence-electron chi connectivity index (χ4n) is 2.05.